The fourth-order valence-electron chi connectivity index (χ4n) is 1.83. The molecule has 0 aliphatic carbocycles. The second kappa shape index (κ2) is 7.78. The van der Waals surface area contributed by atoms with Crippen LogP contribution in [0.3, 0.4) is 0 Å². The monoisotopic (exact) mass is 313 g/mol. The van der Waals surface area contributed by atoms with Crippen molar-refractivity contribution in [2.75, 3.05) is 7.11 Å². The fraction of sp³-hybridized carbons (Fsp3) is 0.500. The number of thiophene rings is 1. The first-order valence-corrected chi connectivity index (χ1v) is 7.40. The molecule has 0 aromatic carbocycles. The van der Waals surface area contributed by atoms with Crippen LogP contribution in [0.25, 0.3) is 0 Å². The number of esters is 1. The zero-order valence-corrected chi connectivity index (χ0v) is 13.1. The van der Waals surface area contributed by atoms with E-state index in [4.69, 9.17) is 5.11 Å². The van der Waals surface area contributed by atoms with Crippen LogP contribution < -0.4 is 5.32 Å². The SMILES string of the molecule is CCc1cc(C(=O)N[C@H](CCC(=O)OC)C(=O)O)sc1C. The maximum atomic E-state index is 12.1. The third kappa shape index (κ3) is 4.86. The van der Waals surface area contributed by atoms with Gasteiger partial charge in [0.2, 0.25) is 0 Å². The Bertz CT molecular complexity index is 537. The van der Waals surface area contributed by atoms with E-state index >= 15 is 0 Å². The number of carboxylic acid groups (broad SMARTS) is 1. The molecule has 21 heavy (non-hydrogen) atoms. The van der Waals surface area contributed by atoms with Crippen LogP contribution in [0, 0.1) is 6.92 Å². The molecule has 1 atom stereocenters. The molecule has 1 rings (SSSR count). The number of methoxy groups -OCH3 is 1. The number of aliphatic carboxylic acids is 1. The molecule has 1 aromatic rings. The Morgan fingerprint density at radius 2 is 2.10 bits per heavy atom. The molecule has 0 fully saturated rings. The van der Waals surface area contributed by atoms with Crippen molar-refractivity contribution >= 4 is 29.2 Å². The molecule has 7 heteroatoms. The highest BCUT2D eigenvalue weighted by Gasteiger charge is 2.23. The minimum absolute atomic E-state index is 0.00125. The summed E-state index contributed by atoms with van der Waals surface area (Å²) < 4.78 is 4.46. The summed E-state index contributed by atoms with van der Waals surface area (Å²) in [5.74, 6) is -2.10. The standard InChI is InChI=1S/C14H19NO5S/c1-4-9-7-11(21-8(9)2)13(17)15-10(14(18)19)5-6-12(16)20-3/h7,10H,4-6H2,1-3H3,(H,15,17)(H,18,19)/t10-/m1/s1. The molecule has 0 radical (unpaired) electrons. The molecule has 0 bridgehead atoms. The number of ether oxygens (including phenoxy) is 1. The van der Waals surface area contributed by atoms with Gasteiger partial charge in [-0.15, -0.1) is 11.3 Å². The smallest absolute Gasteiger partial charge is 0.326 e. The number of aryl methyl sites for hydroxylation is 2. The zero-order chi connectivity index (χ0) is 16.0. The third-order valence-corrected chi connectivity index (χ3v) is 4.19. The van der Waals surface area contributed by atoms with Gasteiger partial charge in [0.1, 0.15) is 6.04 Å². The summed E-state index contributed by atoms with van der Waals surface area (Å²) in [6.45, 7) is 3.92. The highest BCUT2D eigenvalue weighted by molar-refractivity contribution is 7.14. The van der Waals surface area contributed by atoms with Crippen molar-refractivity contribution < 1.29 is 24.2 Å². The van der Waals surface area contributed by atoms with Crippen LogP contribution in [0.4, 0.5) is 0 Å². The summed E-state index contributed by atoms with van der Waals surface area (Å²) in [5.41, 5.74) is 1.08. The molecule has 0 aliphatic heterocycles. The number of carbonyl (C=O) groups excluding carboxylic acids is 2. The maximum Gasteiger partial charge on any atom is 0.326 e. The van der Waals surface area contributed by atoms with Crippen LogP contribution >= 0.6 is 11.3 Å². The Morgan fingerprint density at radius 3 is 2.57 bits per heavy atom. The molecule has 0 spiro atoms. The lowest BCUT2D eigenvalue weighted by Gasteiger charge is -2.13. The van der Waals surface area contributed by atoms with Crippen molar-refractivity contribution in [3.63, 3.8) is 0 Å². The zero-order valence-electron chi connectivity index (χ0n) is 12.3. The first-order valence-electron chi connectivity index (χ1n) is 6.58. The summed E-state index contributed by atoms with van der Waals surface area (Å²) >= 11 is 1.33. The van der Waals surface area contributed by atoms with E-state index in [-0.39, 0.29) is 12.8 Å². The molecule has 6 nitrogen and oxygen atoms in total. The number of rotatable bonds is 7. The van der Waals surface area contributed by atoms with Gasteiger partial charge in [0.05, 0.1) is 12.0 Å². The van der Waals surface area contributed by atoms with Crippen molar-refractivity contribution in [1.29, 1.82) is 0 Å². The fourth-order valence-corrected chi connectivity index (χ4v) is 2.85. The summed E-state index contributed by atoms with van der Waals surface area (Å²) in [6.07, 6.45) is 0.760. The lowest BCUT2D eigenvalue weighted by atomic mass is 10.1. The highest BCUT2D eigenvalue weighted by atomic mass is 32.1. The minimum atomic E-state index is -1.17. The number of carbonyl (C=O) groups is 3. The largest absolute Gasteiger partial charge is 0.480 e. The summed E-state index contributed by atoms with van der Waals surface area (Å²) in [6, 6.07) is 0.665. The van der Waals surface area contributed by atoms with Gasteiger partial charge < -0.3 is 15.2 Å². The Hall–Kier alpha value is -1.89. The van der Waals surface area contributed by atoms with Crippen LogP contribution in [0.2, 0.25) is 0 Å². The van der Waals surface area contributed by atoms with Gasteiger partial charge in [0.25, 0.3) is 5.91 Å². The van der Waals surface area contributed by atoms with Gasteiger partial charge in [-0.25, -0.2) is 4.79 Å². The van der Waals surface area contributed by atoms with Crippen molar-refractivity contribution in [3.05, 3.63) is 21.4 Å². The number of hydrogen-bond acceptors (Lipinski definition) is 5. The Kier molecular flexibility index (Phi) is 6.36. The predicted molar refractivity (Wildman–Crippen MR) is 78.6 cm³/mol. The lowest BCUT2D eigenvalue weighted by molar-refractivity contribution is -0.142. The second-order valence-electron chi connectivity index (χ2n) is 4.52. The number of nitrogens with one attached hydrogen (secondary N) is 1. The van der Waals surface area contributed by atoms with Gasteiger partial charge in [-0.2, -0.15) is 0 Å². The van der Waals surface area contributed by atoms with Crippen LogP contribution in [0.15, 0.2) is 6.07 Å². The molecule has 0 saturated heterocycles. The molecule has 0 saturated carbocycles. The maximum absolute atomic E-state index is 12.1. The lowest BCUT2D eigenvalue weighted by Crippen LogP contribution is -2.40. The van der Waals surface area contributed by atoms with Gasteiger partial charge in [-0.05, 0) is 31.4 Å². The average Bonchev–Trinajstić information content (AvgIpc) is 2.83. The molecule has 0 aliphatic rings. The van der Waals surface area contributed by atoms with Crippen LogP contribution in [-0.2, 0) is 20.7 Å². The predicted octanol–water partition coefficient (Wildman–Crippen LogP) is 1.76. The normalized spacial score (nSPS) is 11.8. The minimum Gasteiger partial charge on any atom is -0.480 e. The van der Waals surface area contributed by atoms with E-state index in [1.807, 2.05) is 13.8 Å². The summed E-state index contributed by atoms with van der Waals surface area (Å²) in [7, 11) is 1.23. The van der Waals surface area contributed by atoms with Crippen molar-refractivity contribution in [2.45, 2.75) is 39.2 Å². The first-order chi connectivity index (χ1) is 9.88. The third-order valence-electron chi connectivity index (χ3n) is 3.09. The van der Waals surface area contributed by atoms with Crippen molar-refractivity contribution in [1.82, 2.24) is 5.32 Å². The quantitative estimate of drug-likeness (QED) is 0.748. The van der Waals surface area contributed by atoms with Crippen LogP contribution in [-0.4, -0.2) is 36.1 Å². The topological polar surface area (TPSA) is 92.7 Å². The van der Waals surface area contributed by atoms with E-state index < -0.39 is 23.9 Å². The molecular formula is C14H19NO5S. The molecule has 116 valence electrons. The number of hydrogen-bond donors (Lipinski definition) is 2. The number of carboxylic acids is 1. The summed E-state index contributed by atoms with van der Waals surface area (Å²) in [4.78, 5) is 35.8. The van der Waals surface area contributed by atoms with E-state index in [1.54, 1.807) is 6.07 Å². The Balaban J connectivity index is 2.71. The number of amides is 1. The highest BCUT2D eigenvalue weighted by Crippen LogP contribution is 2.22. The molecule has 2 N–H and O–H groups in total. The van der Waals surface area contributed by atoms with Crippen LogP contribution in [0.5, 0.6) is 0 Å². The molecule has 1 amide bonds. The first kappa shape index (κ1) is 17.2. The summed E-state index contributed by atoms with van der Waals surface area (Å²) in [5, 5.41) is 11.5. The molecule has 0 unspecified atom stereocenters. The van der Waals surface area contributed by atoms with Crippen molar-refractivity contribution in [2.24, 2.45) is 0 Å². The van der Waals surface area contributed by atoms with E-state index in [0.29, 0.717) is 4.88 Å². The van der Waals surface area contributed by atoms with Gasteiger partial charge in [-0.3, -0.25) is 9.59 Å². The van der Waals surface area contributed by atoms with Gasteiger partial charge >= 0.3 is 11.9 Å². The molecule has 1 aromatic heterocycles. The van der Waals surface area contributed by atoms with Crippen LogP contribution in [0.1, 0.15) is 39.9 Å². The van der Waals surface area contributed by atoms with Gasteiger partial charge in [0.15, 0.2) is 0 Å². The Morgan fingerprint density at radius 1 is 1.43 bits per heavy atom. The second-order valence-corrected chi connectivity index (χ2v) is 5.78. The van der Waals surface area contributed by atoms with E-state index in [0.717, 1.165) is 16.9 Å². The van der Waals surface area contributed by atoms with Crippen molar-refractivity contribution in [3.8, 4) is 0 Å². The van der Waals surface area contributed by atoms with E-state index in [9.17, 15) is 14.4 Å². The van der Waals surface area contributed by atoms with Gasteiger partial charge in [0, 0.05) is 11.3 Å². The molecule has 1 heterocycles. The Labute approximate surface area is 127 Å². The van der Waals surface area contributed by atoms with E-state index in [1.165, 1.54) is 18.4 Å². The van der Waals surface area contributed by atoms with Gasteiger partial charge in [-0.1, -0.05) is 6.92 Å². The average molecular weight is 313 g/mol. The molecular weight excluding hydrogens is 294 g/mol. The van der Waals surface area contributed by atoms with E-state index in [2.05, 4.69) is 10.1 Å².